The molecular weight excluding hydrogens is 203 g/mol. The number of hydrogen-bond donors (Lipinski definition) is 2. The van der Waals surface area contributed by atoms with E-state index >= 15 is 0 Å². The van der Waals surface area contributed by atoms with Gasteiger partial charge in [-0.25, -0.2) is 0 Å². The number of carboxylic acids is 1. The van der Waals surface area contributed by atoms with E-state index in [4.69, 9.17) is 10.2 Å². The first-order chi connectivity index (χ1) is 6.65. The number of aliphatic carboxylic acids is 1. The molecule has 0 aliphatic rings. The third-order valence-corrected chi connectivity index (χ3v) is 2.43. The summed E-state index contributed by atoms with van der Waals surface area (Å²) in [5.74, 6) is -1.82. The molecule has 14 heavy (non-hydrogen) atoms. The third-order valence-electron chi connectivity index (χ3n) is 1.86. The van der Waals surface area contributed by atoms with Gasteiger partial charge in [0.1, 0.15) is 11.7 Å². The van der Waals surface area contributed by atoms with Crippen molar-refractivity contribution in [2.75, 3.05) is 6.16 Å². The number of aromatic hydroxyl groups is 1. The van der Waals surface area contributed by atoms with Gasteiger partial charge in [-0.05, 0) is 17.7 Å². The van der Waals surface area contributed by atoms with E-state index in [1.165, 1.54) is 12.1 Å². The van der Waals surface area contributed by atoms with Crippen LogP contribution >= 0.6 is 8.46 Å². The van der Waals surface area contributed by atoms with Crippen molar-refractivity contribution >= 4 is 14.4 Å². The largest absolute Gasteiger partial charge is 0.508 e. The molecule has 5 heteroatoms. The van der Waals surface area contributed by atoms with E-state index < -0.39 is 20.3 Å². The van der Waals surface area contributed by atoms with Crippen molar-refractivity contribution in [1.29, 1.82) is 0 Å². The van der Waals surface area contributed by atoms with Gasteiger partial charge in [0.15, 0.2) is 6.16 Å². The Morgan fingerprint density at radius 2 is 2.21 bits per heavy atom. The van der Waals surface area contributed by atoms with Crippen molar-refractivity contribution < 1.29 is 19.6 Å². The van der Waals surface area contributed by atoms with Crippen LogP contribution in [0.2, 0.25) is 0 Å². The second-order valence-electron chi connectivity index (χ2n) is 2.83. The van der Waals surface area contributed by atoms with Gasteiger partial charge in [-0.2, -0.15) is 0 Å². The molecule has 0 spiro atoms. The molecule has 1 aromatic rings. The summed E-state index contributed by atoms with van der Waals surface area (Å²) in [6.07, 6.45) is 0.0682. The predicted molar refractivity (Wildman–Crippen MR) is 52.4 cm³/mol. The minimum atomic E-state index is -1.03. The lowest BCUT2D eigenvalue weighted by Gasteiger charge is -2.06. The van der Waals surface area contributed by atoms with Gasteiger partial charge in [-0.15, -0.1) is 0 Å². The highest BCUT2D eigenvalue weighted by Gasteiger charge is 2.23. The van der Waals surface area contributed by atoms with E-state index in [1.54, 1.807) is 12.1 Å². The lowest BCUT2D eigenvalue weighted by atomic mass is 10.0. The number of carboxylic acid groups (broad SMARTS) is 1. The molecule has 0 saturated heterocycles. The van der Waals surface area contributed by atoms with Crippen LogP contribution < -0.4 is 0 Å². The third kappa shape index (κ3) is 2.54. The van der Waals surface area contributed by atoms with E-state index in [1.807, 2.05) is 0 Å². The number of benzene rings is 1. The molecule has 1 rings (SSSR count). The van der Waals surface area contributed by atoms with Crippen LogP contribution in [0.1, 0.15) is 11.5 Å². The normalized spacial score (nSPS) is 12.6. The molecule has 0 aliphatic carbocycles. The SMILES string of the molecule is O=[PH+]CC(C(=O)O)c1cccc(O)c1. The quantitative estimate of drug-likeness (QED) is 0.744. The highest BCUT2D eigenvalue weighted by atomic mass is 31.1. The van der Waals surface area contributed by atoms with Crippen LogP contribution in [0.4, 0.5) is 0 Å². The minimum absolute atomic E-state index is 0.0167. The maximum Gasteiger partial charge on any atom is 0.326 e. The fourth-order valence-electron chi connectivity index (χ4n) is 1.17. The summed E-state index contributed by atoms with van der Waals surface area (Å²) < 4.78 is 10.4. The number of hydrogen-bond acceptors (Lipinski definition) is 3. The van der Waals surface area contributed by atoms with E-state index in [-0.39, 0.29) is 11.9 Å². The van der Waals surface area contributed by atoms with Crippen molar-refractivity contribution in [3.63, 3.8) is 0 Å². The Labute approximate surface area is 82.4 Å². The van der Waals surface area contributed by atoms with Crippen molar-refractivity contribution in [3.8, 4) is 5.75 Å². The van der Waals surface area contributed by atoms with Crippen LogP contribution in [0.25, 0.3) is 0 Å². The Morgan fingerprint density at radius 3 is 2.71 bits per heavy atom. The van der Waals surface area contributed by atoms with Gasteiger partial charge in [-0.1, -0.05) is 16.7 Å². The van der Waals surface area contributed by atoms with E-state index in [2.05, 4.69) is 0 Å². The van der Waals surface area contributed by atoms with Crippen LogP contribution in [0.5, 0.6) is 5.75 Å². The van der Waals surface area contributed by atoms with E-state index in [0.717, 1.165) is 0 Å². The summed E-state index contributed by atoms with van der Waals surface area (Å²) >= 11 is 0. The lowest BCUT2D eigenvalue weighted by molar-refractivity contribution is -0.138. The molecule has 74 valence electrons. The zero-order valence-electron chi connectivity index (χ0n) is 7.30. The maximum atomic E-state index is 10.8. The molecule has 0 heterocycles. The highest BCUT2D eigenvalue weighted by Crippen LogP contribution is 2.23. The molecule has 0 fully saturated rings. The summed E-state index contributed by atoms with van der Waals surface area (Å²) in [7, 11) is -0.659. The Kier molecular flexibility index (Phi) is 3.60. The van der Waals surface area contributed by atoms with Gasteiger partial charge in [0.2, 0.25) is 0 Å². The monoisotopic (exact) mass is 213 g/mol. The molecule has 0 amide bonds. The van der Waals surface area contributed by atoms with Crippen molar-refractivity contribution in [2.45, 2.75) is 5.92 Å². The zero-order chi connectivity index (χ0) is 10.6. The van der Waals surface area contributed by atoms with Crippen LogP contribution in [-0.2, 0) is 9.36 Å². The second kappa shape index (κ2) is 4.72. The fraction of sp³-hybridized carbons (Fsp3) is 0.222. The smallest absolute Gasteiger partial charge is 0.326 e. The van der Waals surface area contributed by atoms with Gasteiger partial charge in [0.25, 0.3) is 0 Å². The second-order valence-corrected chi connectivity index (χ2v) is 3.53. The molecule has 2 unspecified atom stereocenters. The average molecular weight is 213 g/mol. The Bertz CT molecular complexity index is 350. The fourth-order valence-corrected chi connectivity index (χ4v) is 1.75. The molecular formula is C9H10O4P+. The first-order valence-corrected chi connectivity index (χ1v) is 5.13. The van der Waals surface area contributed by atoms with Gasteiger partial charge >= 0.3 is 14.4 Å². The van der Waals surface area contributed by atoms with E-state index in [0.29, 0.717) is 5.56 Å². The summed E-state index contributed by atoms with van der Waals surface area (Å²) in [5.41, 5.74) is 0.473. The molecule has 0 aromatic heterocycles. The topological polar surface area (TPSA) is 74.6 Å². The summed E-state index contributed by atoms with van der Waals surface area (Å²) in [5, 5.41) is 18.0. The van der Waals surface area contributed by atoms with Gasteiger partial charge in [0, 0.05) is 0 Å². The molecule has 0 saturated carbocycles. The van der Waals surface area contributed by atoms with Gasteiger partial charge in [-0.3, -0.25) is 4.79 Å². The van der Waals surface area contributed by atoms with E-state index in [9.17, 15) is 9.36 Å². The molecule has 1 aromatic carbocycles. The highest BCUT2D eigenvalue weighted by molar-refractivity contribution is 7.23. The Balaban J connectivity index is 2.98. The summed E-state index contributed by atoms with van der Waals surface area (Å²) in [4.78, 5) is 10.8. The first kappa shape index (κ1) is 10.7. The number of rotatable bonds is 4. The summed E-state index contributed by atoms with van der Waals surface area (Å²) in [6, 6.07) is 5.99. The Morgan fingerprint density at radius 1 is 1.50 bits per heavy atom. The first-order valence-electron chi connectivity index (χ1n) is 4.02. The van der Waals surface area contributed by atoms with Crippen LogP contribution in [0.15, 0.2) is 24.3 Å². The molecule has 0 aliphatic heterocycles. The van der Waals surface area contributed by atoms with Crippen molar-refractivity contribution in [1.82, 2.24) is 0 Å². The minimum Gasteiger partial charge on any atom is -0.508 e. The maximum absolute atomic E-state index is 10.8. The number of phenols is 1. The Hall–Kier alpha value is -1.41. The summed E-state index contributed by atoms with van der Waals surface area (Å²) in [6.45, 7) is 0. The molecule has 2 N–H and O–H groups in total. The molecule has 0 bridgehead atoms. The van der Waals surface area contributed by atoms with Crippen molar-refractivity contribution in [3.05, 3.63) is 29.8 Å². The predicted octanol–water partition coefficient (Wildman–Crippen LogP) is 1.58. The van der Waals surface area contributed by atoms with Gasteiger partial charge < -0.3 is 10.2 Å². The zero-order valence-corrected chi connectivity index (χ0v) is 8.30. The standard InChI is InChI=1S/C9H9O4P/c10-7-3-1-2-6(4-7)8(5-14-13)9(11)12/h1-4,8,10H,5H2,(H,11,12)/p+1. The molecule has 4 nitrogen and oxygen atoms in total. The number of carbonyl (C=O) groups is 1. The average Bonchev–Trinajstić information content (AvgIpc) is 2.13. The van der Waals surface area contributed by atoms with Gasteiger partial charge in [0.05, 0.1) is 0 Å². The lowest BCUT2D eigenvalue weighted by Crippen LogP contribution is -2.12. The van der Waals surface area contributed by atoms with Crippen LogP contribution in [0.3, 0.4) is 0 Å². The van der Waals surface area contributed by atoms with Crippen LogP contribution in [-0.4, -0.2) is 22.3 Å². The molecule has 0 radical (unpaired) electrons. The van der Waals surface area contributed by atoms with Crippen molar-refractivity contribution in [2.24, 2.45) is 0 Å². The van der Waals surface area contributed by atoms with Crippen LogP contribution in [0, 0.1) is 0 Å². The number of phenolic OH excluding ortho intramolecular Hbond substituents is 1. The molecule has 2 atom stereocenters.